The van der Waals surface area contributed by atoms with E-state index in [4.69, 9.17) is 0 Å². The molecular weight excluding hydrogens is 260 g/mol. The zero-order chi connectivity index (χ0) is 13.5. The van der Waals surface area contributed by atoms with Crippen LogP contribution in [0.5, 0.6) is 0 Å². The first kappa shape index (κ1) is 14.2. The predicted molar refractivity (Wildman–Crippen MR) is 77.4 cm³/mol. The monoisotopic (exact) mass is 280 g/mol. The van der Waals surface area contributed by atoms with Crippen LogP contribution in [-0.4, -0.2) is 47.5 Å². The summed E-state index contributed by atoms with van der Waals surface area (Å²) in [5, 5.41) is 12.1. The first-order chi connectivity index (χ1) is 9.31. The number of aliphatic hydroxyl groups is 1. The molecule has 1 fully saturated rings. The van der Waals surface area contributed by atoms with Gasteiger partial charge >= 0.3 is 6.03 Å². The third kappa shape index (κ3) is 4.14. The normalized spacial score (nSPS) is 18.6. The molecule has 1 atom stereocenters. The number of carbonyl (C=O) groups excluding carboxylic acids is 1. The number of rotatable bonds is 5. The van der Waals surface area contributed by atoms with Crippen LogP contribution in [-0.2, 0) is 0 Å². The molecular formula is C14H20N2O2S. The van der Waals surface area contributed by atoms with E-state index in [1.54, 1.807) is 16.7 Å². The van der Waals surface area contributed by atoms with Crippen LogP contribution >= 0.6 is 11.8 Å². The Balaban J connectivity index is 1.67. The lowest BCUT2D eigenvalue weighted by atomic mass is 10.2. The van der Waals surface area contributed by atoms with Gasteiger partial charge in [-0.05, 0) is 25.0 Å². The number of amides is 2. The molecule has 0 aromatic heterocycles. The van der Waals surface area contributed by atoms with Gasteiger partial charge < -0.3 is 15.3 Å². The van der Waals surface area contributed by atoms with Crippen molar-refractivity contribution >= 4 is 17.8 Å². The van der Waals surface area contributed by atoms with Crippen LogP contribution in [0.25, 0.3) is 0 Å². The Labute approximate surface area is 118 Å². The number of thioether (sulfide) groups is 1. The van der Waals surface area contributed by atoms with Gasteiger partial charge in [-0.2, -0.15) is 0 Å². The van der Waals surface area contributed by atoms with Crippen molar-refractivity contribution in [2.75, 3.05) is 25.4 Å². The smallest absolute Gasteiger partial charge is 0.317 e. The Morgan fingerprint density at radius 1 is 1.42 bits per heavy atom. The van der Waals surface area contributed by atoms with Crippen LogP contribution in [0.4, 0.5) is 4.79 Å². The molecule has 2 N–H and O–H groups in total. The summed E-state index contributed by atoms with van der Waals surface area (Å²) in [7, 11) is 0. The number of hydrogen-bond acceptors (Lipinski definition) is 3. The number of likely N-dealkylation sites (tertiary alicyclic amines) is 1. The van der Waals surface area contributed by atoms with Crippen LogP contribution < -0.4 is 5.32 Å². The first-order valence-corrected chi connectivity index (χ1v) is 7.63. The number of hydrogen-bond donors (Lipinski definition) is 2. The highest BCUT2D eigenvalue weighted by atomic mass is 32.2. The van der Waals surface area contributed by atoms with E-state index in [2.05, 4.69) is 17.4 Å². The van der Waals surface area contributed by atoms with Gasteiger partial charge in [-0.3, -0.25) is 0 Å². The molecule has 0 aliphatic carbocycles. The molecule has 0 radical (unpaired) electrons. The second-order valence-electron chi connectivity index (χ2n) is 4.57. The zero-order valence-corrected chi connectivity index (χ0v) is 11.7. The SMILES string of the molecule is O=C(NCCSc1ccccc1)N1CCCC1CO. The van der Waals surface area contributed by atoms with Crippen molar-refractivity contribution in [3.63, 3.8) is 0 Å². The van der Waals surface area contributed by atoms with E-state index < -0.39 is 0 Å². The van der Waals surface area contributed by atoms with Crippen LogP contribution in [0.1, 0.15) is 12.8 Å². The van der Waals surface area contributed by atoms with Gasteiger partial charge in [-0.25, -0.2) is 4.79 Å². The number of urea groups is 1. The largest absolute Gasteiger partial charge is 0.394 e. The Morgan fingerprint density at radius 2 is 2.21 bits per heavy atom. The maximum absolute atomic E-state index is 11.9. The Bertz CT molecular complexity index is 400. The summed E-state index contributed by atoms with van der Waals surface area (Å²) in [4.78, 5) is 14.9. The minimum atomic E-state index is -0.0507. The van der Waals surface area contributed by atoms with Gasteiger partial charge in [-0.1, -0.05) is 18.2 Å². The summed E-state index contributed by atoms with van der Waals surface area (Å²) in [6, 6.07) is 10.1. The Morgan fingerprint density at radius 3 is 2.95 bits per heavy atom. The maximum atomic E-state index is 11.9. The maximum Gasteiger partial charge on any atom is 0.317 e. The number of aliphatic hydroxyl groups excluding tert-OH is 1. The van der Waals surface area contributed by atoms with Crippen molar-refractivity contribution in [1.29, 1.82) is 0 Å². The second-order valence-corrected chi connectivity index (χ2v) is 5.73. The summed E-state index contributed by atoms with van der Waals surface area (Å²) >= 11 is 1.73. The molecule has 1 aromatic rings. The van der Waals surface area contributed by atoms with Gasteiger partial charge in [0.05, 0.1) is 12.6 Å². The highest BCUT2D eigenvalue weighted by Crippen LogP contribution is 2.17. The molecule has 2 amide bonds. The fraction of sp³-hybridized carbons (Fsp3) is 0.500. The highest BCUT2D eigenvalue weighted by molar-refractivity contribution is 7.99. The number of nitrogens with one attached hydrogen (secondary N) is 1. The van der Waals surface area contributed by atoms with Crippen molar-refractivity contribution in [3.05, 3.63) is 30.3 Å². The zero-order valence-electron chi connectivity index (χ0n) is 10.9. The van der Waals surface area contributed by atoms with Crippen molar-refractivity contribution in [3.8, 4) is 0 Å². The predicted octanol–water partition coefficient (Wildman–Crippen LogP) is 1.94. The summed E-state index contributed by atoms with van der Waals surface area (Å²) in [6.07, 6.45) is 1.89. The van der Waals surface area contributed by atoms with Gasteiger partial charge in [0.1, 0.15) is 0 Å². The average molecular weight is 280 g/mol. The fourth-order valence-corrected chi connectivity index (χ4v) is 3.03. The van der Waals surface area contributed by atoms with Gasteiger partial charge in [0, 0.05) is 23.7 Å². The molecule has 104 valence electrons. The van der Waals surface area contributed by atoms with E-state index in [-0.39, 0.29) is 18.7 Å². The molecule has 19 heavy (non-hydrogen) atoms. The van der Waals surface area contributed by atoms with Gasteiger partial charge in [-0.15, -0.1) is 11.8 Å². The summed E-state index contributed by atoms with van der Waals surface area (Å²) < 4.78 is 0. The molecule has 0 saturated carbocycles. The van der Waals surface area contributed by atoms with E-state index >= 15 is 0 Å². The molecule has 1 saturated heterocycles. The molecule has 5 heteroatoms. The molecule has 1 aliphatic rings. The minimum Gasteiger partial charge on any atom is -0.394 e. The fourth-order valence-electron chi connectivity index (χ4n) is 2.24. The van der Waals surface area contributed by atoms with E-state index in [1.807, 2.05) is 18.2 Å². The Hall–Kier alpha value is -1.20. The molecule has 1 aromatic carbocycles. The Kier molecular flexibility index (Phi) is 5.54. The standard InChI is InChI=1S/C14H20N2O2S/c17-11-12-5-4-9-16(12)14(18)15-8-10-19-13-6-2-1-3-7-13/h1-3,6-7,12,17H,4-5,8-11H2,(H,15,18). The lowest BCUT2D eigenvalue weighted by Gasteiger charge is -2.23. The highest BCUT2D eigenvalue weighted by Gasteiger charge is 2.27. The lowest BCUT2D eigenvalue weighted by molar-refractivity contribution is 0.157. The molecule has 0 bridgehead atoms. The lowest BCUT2D eigenvalue weighted by Crippen LogP contribution is -2.44. The van der Waals surface area contributed by atoms with Crippen molar-refractivity contribution < 1.29 is 9.90 Å². The van der Waals surface area contributed by atoms with Crippen LogP contribution in [0.15, 0.2) is 35.2 Å². The van der Waals surface area contributed by atoms with Crippen LogP contribution in [0.2, 0.25) is 0 Å². The van der Waals surface area contributed by atoms with Crippen LogP contribution in [0, 0.1) is 0 Å². The molecule has 1 aliphatic heterocycles. The van der Waals surface area contributed by atoms with E-state index in [0.717, 1.165) is 25.1 Å². The number of benzene rings is 1. The van der Waals surface area contributed by atoms with Gasteiger partial charge in [0.25, 0.3) is 0 Å². The van der Waals surface area contributed by atoms with E-state index in [1.165, 1.54) is 4.90 Å². The quantitative estimate of drug-likeness (QED) is 0.640. The second kappa shape index (κ2) is 7.40. The average Bonchev–Trinajstić information content (AvgIpc) is 2.93. The van der Waals surface area contributed by atoms with Gasteiger partial charge in [0.15, 0.2) is 0 Å². The third-order valence-corrected chi connectivity index (χ3v) is 4.25. The van der Waals surface area contributed by atoms with Gasteiger partial charge in [0.2, 0.25) is 0 Å². The topological polar surface area (TPSA) is 52.6 Å². The molecule has 4 nitrogen and oxygen atoms in total. The molecule has 2 rings (SSSR count). The van der Waals surface area contributed by atoms with Crippen molar-refractivity contribution in [1.82, 2.24) is 10.2 Å². The van der Waals surface area contributed by atoms with Crippen LogP contribution in [0.3, 0.4) is 0 Å². The summed E-state index contributed by atoms with van der Waals surface area (Å²) in [6.45, 7) is 1.46. The molecule has 0 spiro atoms. The summed E-state index contributed by atoms with van der Waals surface area (Å²) in [5.41, 5.74) is 0. The third-order valence-electron chi connectivity index (χ3n) is 3.24. The first-order valence-electron chi connectivity index (χ1n) is 6.64. The minimum absolute atomic E-state index is 0.00164. The van der Waals surface area contributed by atoms with E-state index in [9.17, 15) is 9.90 Å². The molecule has 1 unspecified atom stereocenters. The molecule has 1 heterocycles. The van der Waals surface area contributed by atoms with Crippen molar-refractivity contribution in [2.24, 2.45) is 0 Å². The van der Waals surface area contributed by atoms with Crippen molar-refractivity contribution in [2.45, 2.75) is 23.8 Å². The number of carbonyl (C=O) groups is 1. The number of nitrogens with zero attached hydrogens (tertiary/aromatic N) is 1. The van der Waals surface area contributed by atoms with E-state index in [0.29, 0.717) is 6.54 Å². The summed E-state index contributed by atoms with van der Waals surface area (Å²) in [5.74, 6) is 0.855.